The first kappa shape index (κ1) is 22.2. The summed E-state index contributed by atoms with van der Waals surface area (Å²) in [7, 11) is 0. The Balaban J connectivity index is 1.47. The highest BCUT2D eigenvalue weighted by Gasteiger charge is 2.17. The van der Waals surface area contributed by atoms with Crippen molar-refractivity contribution in [1.29, 1.82) is 0 Å². The van der Waals surface area contributed by atoms with Crippen molar-refractivity contribution in [3.63, 3.8) is 0 Å². The highest BCUT2D eigenvalue weighted by Crippen LogP contribution is 2.25. The number of aliphatic imine (C=N–C) groups is 1. The van der Waals surface area contributed by atoms with Gasteiger partial charge in [-0.05, 0) is 50.1 Å². The molecule has 3 heterocycles. The van der Waals surface area contributed by atoms with Crippen molar-refractivity contribution in [2.24, 2.45) is 4.99 Å². The van der Waals surface area contributed by atoms with Crippen LogP contribution in [0.15, 0.2) is 53.0 Å². The molecule has 162 valence electrons. The molecule has 30 heavy (non-hydrogen) atoms. The Morgan fingerprint density at radius 3 is 2.40 bits per heavy atom. The lowest BCUT2D eigenvalue weighted by molar-refractivity contribution is 0.239. The van der Waals surface area contributed by atoms with Crippen LogP contribution >= 0.6 is 0 Å². The summed E-state index contributed by atoms with van der Waals surface area (Å²) in [6, 6.07) is 8.35. The molecule has 2 aromatic heterocycles. The van der Waals surface area contributed by atoms with Gasteiger partial charge in [-0.25, -0.2) is 4.99 Å². The van der Waals surface area contributed by atoms with Crippen molar-refractivity contribution in [3.8, 4) is 0 Å². The zero-order chi connectivity index (χ0) is 21.0. The zero-order valence-corrected chi connectivity index (χ0v) is 18.7. The third-order valence-corrected chi connectivity index (χ3v) is 5.55. The smallest absolute Gasteiger partial charge is 0.147 e. The second-order valence-corrected chi connectivity index (χ2v) is 8.07. The molecule has 2 N–H and O–H groups in total. The van der Waals surface area contributed by atoms with E-state index in [4.69, 9.17) is 9.73 Å². The molecular weight excluding hydrogens is 370 g/mol. The van der Waals surface area contributed by atoms with Crippen LogP contribution in [0, 0.1) is 0 Å². The van der Waals surface area contributed by atoms with E-state index in [2.05, 4.69) is 35.1 Å². The maximum Gasteiger partial charge on any atom is 0.147 e. The Labute approximate surface area is 181 Å². The van der Waals surface area contributed by atoms with E-state index in [1.54, 1.807) is 0 Å². The van der Waals surface area contributed by atoms with E-state index in [1.807, 2.05) is 31.3 Å². The number of nitrogens with one attached hydrogen (secondary N) is 2. The topological polar surface area (TPSA) is 53.2 Å². The van der Waals surface area contributed by atoms with Crippen LogP contribution < -0.4 is 0 Å². The van der Waals surface area contributed by atoms with Gasteiger partial charge in [0, 0.05) is 23.7 Å². The van der Waals surface area contributed by atoms with Crippen molar-refractivity contribution in [1.82, 2.24) is 9.97 Å². The van der Waals surface area contributed by atoms with Gasteiger partial charge in [-0.3, -0.25) is 0 Å². The maximum absolute atomic E-state index is 5.81. The number of unbranched alkanes of at least 4 members (excludes halogenated alkanes) is 8. The van der Waals surface area contributed by atoms with Crippen LogP contribution in [-0.4, -0.2) is 22.3 Å². The highest BCUT2D eigenvalue weighted by atomic mass is 16.5. The fourth-order valence-corrected chi connectivity index (χ4v) is 3.88. The first-order valence-electron chi connectivity index (χ1n) is 11.8. The van der Waals surface area contributed by atoms with Gasteiger partial charge in [0.25, 0.3) is 0 Å². The van der Waals surface area contributed by atoms with Crippen LogP contribution in [0.5, 0.6) is 0 Å². The van der Waals surface area contributed by atoms with Crippen LogP contribution in [0.1, 0.15) is 88.7 Å². The molecule has 0 saturated heterocycles. The minimum atomic E-state index is 0.630. The van der Waals surface area contributed by atoms with E-state index < -0.39 is 0 Å². The van der Waals surface area contributed by atoms with Gasteiger partial charge in [0.15, 0.2) is 0 Å². The summed E-state index contributed by atoms with van der Waals surface area (Å²) in [5, 5.41) is 0. The van der Waals surface area contributed by atoms with Crippen molar-refractivity contribution >= 4 is 11.8 Å². The number of hydrogen-bond acceptors (Lipinski definition) is 2. The first-order valence-corrected chi connectivity index (χ1v) is 11.8. The molecule has 0 atom stereocenters. The van der Waals surface area contributed by atoms with Gasteiger partial charge in [0.1, 0.15) is 11.5 Å². The van der Waals surface area contributed by atoms with Gasteiger partial charge in [-0.1, -0.05) is 58.3 Å². The summed E-state index contributed by atoms with van der Waals surface area (Å²) in [5.74, 6) is 0.831. The largest absolute Gasteiger partial charge is 0.492 e. The van der Waals surface area contributed by atoms with Gasteiger partial charge in [0.2, 0.25) is 0 Å². The van der Waals surface area contributed by atoms with Gasteiger partial charge < -0.3 is 14.7 Å². The molecule has 4 nitrogen and oxygen atoms in total. The average Bonchev–Trinajstić information content (AvgIpc) is 3.49. The Morgan fingerprint density at radius 2 is 1.70 bits per heavy atom. The molecule has 0 bridgehead atoms. The molecule has 4 heteroatoms. The summed E-state index contributed by atoms with van der Waals surface area (Å²) < 4.78 is 5.81. The standard InChI is InChI=1S/C26H37N3O/c1-3-5-6-7-8-9-10-11-12-14-21-16-17-22(28-21)19-25-26(30-4-2)20-24(29-25)23-15-13-18-27-23/h13,15-20,27-28H,3-12,14H2,1-2H3. The van der Waals surface area contributed by atoms with Crippen molar-refractivity contribution in [2.45, 2.75) is 78.1 Å². The summed E-state index contributed by atoms with van der Waals surface area (Å²) in [6.45, 7) is 4.91. The lowest BCUT2D eigenvalue weighted by Crippen LogP contribution is -1.94. The normalized spacial score (nSPS) is 14.9. The molecule has 1 aliphatic rings. The number of ether oxygens (including phenoxy) is 1. The van der Waals surface area contributed by atoms with Crippen molar-refractivity contribution in [2.75, 3.05) is 6.61 Å². The lowest BCUT2D eigenvalue weighted by Gasteiger charge is -2.04. The van der Waals surface area contributed by atoms with E-state index in [9.17, 15) is 0 Å². The number of allylic oxidation sites excluding steroid dienone is 1. The van der Waals surface area contributed by atoms with Crippen molar-refractivity contribution in [3.05, 3.63) is 65.1 Å². The fraction of sp³-hybridized carbons (Fsp3) is 0.500. The van der Waals surface area contributed by atoms with Gasteiger partial charge >= 0.3 is 0 Å². The highest BCUT2D eigenvalue weighted by molar-refractivity contribution is 6.11. The third-order valence-electron chi connectivity index (χ3n) is 5.55. The fourth-order valence-electron chi connectivity index (χ4n) is 3.88. The summed E-state index contributed by atoms with van der Waals surface area (Å²) in [5.41, 5.74) is 5.18. The SMILES string of the molecule is CCCCCCCCCCCc1ccc(C=C2N=C(c3ccc[nH]3)C=C2OCC)[nH]1. The summed E-state index contributed by atoms with van der Waals surface area (Å²) >= 11 is 0. The van der Waals surface area contributed by atoms with E-state index in [0.717, 1.165) is 35.0 Å². The van der Waals surface area contributed by atoms with Gasteiger partial charge in [0.05, 0.1) is 18.0 Å². The van der Waals surface area contributed by atoms with Crippen LogP contribution in [0.3, 0.4) is 0 Å². The Bertz CT molecular complexity index is 840. The van der Waals surface area contributed by atoms with E-state index in [1.165, 1.54) is 63.5 Å². The van der Waals surface area contributed by atoms with E-state index in [0.29, 0.717) is 6.61 Å². The first-order chi connectivity index (χ1) is 14.8. The predicted molar refractivity (Wildman–Crippen MR) is 127 cm³/mol. The Kier molecular flexibility index (Phi) is 9.07. The van der Waals surface area contributed by atoms with E-state index in [-0.39, 0.29) is 0 Å². The van der Waals surface area contributed by atoms with Crippen LogP contribution in [0.2, 0.25) is 0 Å². The molecule has 0 fully saturated rings. The van der Waals surface area contributed by atoms with Crippen LogP contribution in [-0.2, 0) is 11.2 Å². The van der Waals surface area contributed by atoms with Crippen molar-refractivity contribution < 1.29 is 4.74 Å². The molecule has 0 aliphatic carbocycles. The van der Waals surface area contributed by atoms with Crippen LogP contribution in [0.25, 0.3) is 6.08 Å². The zero-order valence-electron chi connectivity index (χ0n) is 18.7. The van der Waals surface area contributed by atoms with Gasteiger partial charge in [-0.15, -0.1) is 0 Å². The minimum Gasteiger partial charge on any atom is -0.492 e. The van der Waals surface area contributed by atoms with Crippen LogP contribution in [0.4, 0.5) is 0 Å². The summed E-state index contributed by atoms with van der Waals surface area (Å²) in [6.07, 6.45) is 19.4. The second kappa shape index (κ2) is 12.3. The molecule has 0 radical (unpaired) electrons. The average molecular weight is 408 g/mol. The molecule has 2 aromatic rings. The molecule has 0 saturated carbocycles. The number of aromatic amines is 2. The molecule has 1 aliphatic heterocycles. The number of aromatic nitrogens is 2. The number of H-pyrrole nitrogens is 2. The Morgan fingerprint density at radius 1 is 0.933 bits per heavy atom. The molecular formula is C26H37N3O. The monoisotopic (exact) mass is 407 g/mol. The van der Waals surface area contributed by atoms with Gasteiger partial charge in [-0.2, -0.15) is 0 Å². The maximum atomic E-state index is 5.81. The lowest BCUT2D eigenvalue weighted by atomic mass is 10.1. The number of nitrogens with zero attached hydrogens (tertiary/aromatic N) is 1. The minimum absolute atomic E-state index is 0.630. The quantitative estimate of drug-likeness (QED) is 0.320. The molecule has 0 spiro atoms. The number of hydrogen-bond donors (Lipinski definition) is 2. The molecule has 0 amide bonds. The number of aryl methyl sites for hydroxylation is 1. The molecule has 0 unspecified atom stereocenters. The third kappa shape index (κ3) is 6.79. The summed E-state index contributed by atoms with van der Waals surface area (Å²) in [4.78, 5) is 11.5. The molecule has 0 aromatic carbocycles. The molecule has 3 rings (SSSR count). The number of rotatable bonds is 14. The van der Waals surface area contributed by atoms with E-state index >= 15 is 0 Å². The Hall–Kier alpha value is -2.49. The predicted octanol–water partition coefficient (Wildman–Crippen LogP) is 7.18. The second-order valence-electron chi connectivity index (χ2n) is 8.07.